The Balaban J connectivity index is 1.31. The molecule has 4 rings (SSSR count). The topological polar surface area (TPSA) is 78.9 Å². The second-order valence-electron chi connectivity index (χ2n) is 7.71. The molecule has 0 unspecified atom stereocenters. The van der Waals surface area contributed by atoms with Gasteiger partial charge in [0.25, 0.3) is 0 Å². The van der Waals surface area contributed by atoms with Gasteiger partial charge in [0.15, 0.2) is 0 Å². The maximum absolute atomic E-state index is 12.4. The third-order valence-corrected chi connectivity index (χ3v) is 5.85. The molecule has 0 bridgehead atoms. The van der Waals surface area contributed by atoms with Gasteiger partial charge < -0.3 is 15.2 Å². The molecule has 0 radical (unpaired) electrons. The first-order valence-corrected chi connectivity index (χ1v) is 9.64. The number of hydrogen-bond donors (Lipinski definition) is 2. The molecule has 2 fully saturated rings. The van der Waals surface area contributed by atoms with Crippen molar-refractivity contribution in [1.29, 1.82) is 0 Å². The number of likely N-dealkylation sites (tertiary alicyclic amines) is 1. The summed E-state index contributed by atoms with van der Waals surface area (Å²) in [6, 6.07) is 16.7. The quantitative estimate of drug-likeness (QED) is 0.800. The average molecular weight is 380 g/mol. The van der Waals surface area contributed by atoms with Crippen molar-refractivity contribution in [3.8, 4) is 11.5 Å². The van der Waals surface area contributed by atoms with Gasteiger partial charge in [0.05, 0.1) is 12.0 Å². The molecule has 1 heterocycles. The number of rotatable bonds is 6. The highest BCUT2D eigenvalue weighted by molar-refractivity contribution is 5.92. The van der Waals surface area contributed by atoms with E-state index in [1.165, 1.54) is 0 Å². The van der Waals surface area contributed by atoms with Crippen molar-refractivity contribution in [2.45, 2.75) is 19.3 Å². The van der Waals surface area contributed by atoms with Crippen LogP contribution in [0.4, 0.5) is 5.69 Å². The molecule has 1 aliphatic heterocycles. The van der Waals surface area contributed by atoms with Gasteiger partial charge in [0.2, 0.25) is 5.91 Å². The van der Waals surface area contributed by atoms with Gasteiger partial charge in [-0.3, -0.25) is 14.5 Å². The number of hydrogen-bond acceptors (Lipinski definition) is 4. The third-order valence-electron chi connectivity index (χ3n) is 5.85. The standard InChI is InChI=1S/C22H24N2O4/c25-20(14-24-13-16-5-4-12-22(16,15-24)21(26)27)23-17-8-10-19(11-9-17)28-18-6-2-1-3-7-18/h1-3,6-11,16H,4-5,12-15H2,(H,23,25)(H,26,27)/t16-,22+/m0/s1. The van der Waals surface area contributed by atoms with Crippen molar-refractivity contribution in [2.75, 3.05) is 25.0 Å². The number of carbonyl (C=O) groups excluding carboxylic acids is 1. The highest BCUT2D eigenvalue weighted by atomic mass is 16.5. The highest BCUT2D eigenvalue weighted by Gasteiger charge is 2.54. The number of nitrogens with zero attached hydrogens (tertiary/aromatic N) is 1. The molecule has 2 aliphatic rings. The smallest absolute Gasteiger partial charge is 0.311 e. The number of fused-ring (bicyclic) bond motifs is 1. The van der Waals surface area contributed by atoms with Gasteiger partial charge in [-0.25, -0.2) is 0 Å². The number of anilines is 1. The highest BCUT2D eigenvalue weighted by Crippen LogP contribution is 2.48. The summed E-state index contributed by atoms with van der Waals surface area (Å²) in [5.74, 6) is 0.766. The third kappa shape index (κ3) is 3.73. The molecule has 1 saturated carbocycles. The Labute approximate surface area is 164 Å². The second kappa shape index (κ2) is 7.64. The predicted octanol–water partition coefficient (Wildman–Crippen LogP) is 3.60. The van der Waals surface area contributed by atoms with Crippen molar-refractivity contribution in [3.63, 3.8) is 0 Å². The molecule has 1 aliphatic carbocycles. The van der Waals surface area contributed by atoms with Crippen LogP contribution in [-0.4, -0.2) is 41.5 Å². The van der Waals surface area contributed by atoms with Crippen molar-refractivity contribution in [2.24, 2.45) is 11.3 Å². The summed E-state index contributed by atoms with van der Waals surface area (Å²) in [6.07, 6.45) is 2.62. The molecule has 2 N–H and O–H groups in total. The number of aliphatic carboxylic acids is 1. The SMILES string of the molecule is O=C(CN1C[C@@H]2CCC[C@@]2(C(=O)O)C1)Nc1ccc(Oc2ccccc2)cc1. The van der Waals surface area contributed by atoms with Gasteiger partial charge in [-0.1, -0.05) is 24.6 Å². The normalized spacial score (nSPS) is 23.9. The van der Waals surface area contributed by atoms with Gasteiger partial charge in [-0.05, 0) is 55.2 Å². The van der Waals surface area contributed by atoms with Crippen molar-refractivity contribution < 1.29 is 19.4 Å². The molecular weight excluding hydrogens is 356 g/mol. The summed E-state index contributed by atoms with van der Waals surface area (Å²) in [5, 5.41) is 12.5. The molecular formula is C22H24N2O4. The van der Waals surface area contributed by atoms with E-state index in [2.05, 4.69) is 5.32 Å². The van der Waals surface area contributed by atoms with Crippen LogP contribution in [-0.2, 0) is 9.59 Å². The molecule has 0 spiro atoms. The summed E-state index contributed by atoms with van der Waals surface area (Å²) >= 11 is 0. The minimum atomic E-state index is -0.716. The van der Waals surface area contributed by atoms with E-state index < -0.39 is 11.4 Å². The number of benzene rings is 2. The molecule has 146 valence electrons. The van der Waals surface area contributed by atoms with Crippen LogP contribution in [0.3, 0.4) is 0 Å². The van der Waals surface area contributed by atoms with Crippen molar-refractivity contribution >= 4 is 17.6 Å². The first-order valence-electron chi connectivity index (χ1n) is 9.64. The van der Waals surface area contributed by atoms with E-state index in [4.69, 9.17) is 4.74 Å². The molecule has 2 aromatic rings. The Bertz CT molecular complexity index is 853. The van der Waals surface area contributed by atoms with Crippen molar-refractivity contribution in [1.82, 2.24) is 4.90 Å². The molecule has 6 nitrogen and oxygen atoms in total. The molecule has 28 heavy (non-hydrogen) atoms. The minimum Gasteiger partial charge on any atom is -0.481 e. The van der Waals surface area contributed by atoms with E-state index in [-0.39, 0.29) is 18.4 Å². The lowest BCUT2D eigenvalue weighted by Gasteiger charge is -2.23. The molecule has 2 atom stereocenters. The van der Waals surface area contributed by atoms with E-state index in [0.717, 1.165) is 18.6 Å². The first kappa shape index (κ1) is 18.5. The van der Waals surface area contributed by atoms with Crippen LogP contribution in [0.15, 0.2) is 54.6 Å². The maximum Gasteiger partial charge on any atom is 0.311 e. The monoisotopic (exact) mass is 380 g/mol. The van der Waals surface area contributed by atoms with Crippen LogP contribution in [0.2, 0.25) is 0 Å². The Morgan fingerprint density at radius 3 is 2.50 bits per heavy atom. The zero-order valence-corrected chi connectivity index (χ0v) is 15.6. The Morgan fingerprint density at radius 2 is 1.82 bits per heavy atom. The van der Waals surface area contributed by atoms with Gasteiger partial charge >= 0.3 is 5.97 Å². The lowest BCUT2D eigenvalue weighted by Crippen LogP contribution is -2.37. The van der Waals surface area contributed by atoms with E-state index in [1.54, 1.807) is 12.1 Å². The molecule has 2 aromatic carbocycles. The summed E-state index contributed by atoms with van der Waals surface area (Å²) < 4.78 is 5.75. The number of ether oxygens (including phenoxy) is 1. The Morgan fingerprint density at radius 1 is 1.11 bits per heavy atom. The summed E-state index contributed by atoms with van der Waals surface area (Å²) in [5.41, 5.74) is 0.0363. The van der Waals surface area contributed by atoms with Gasteiger partial charge in [-0.2, -0.15) is 0 Å². The van der Waals surface area contributed by atoms with E-state index in [9.17, 15) is 14.7 Å². The fourth-order valence-corrected chi connectivity index (χ4v) is 4.50. The minimum absolute atomic E-state index is 0.128. The lowest BCUT2D eigenvalue weighted by atomic mass is 9.81. The van der Waals surface area contributed by atoms with Crippen LogP contribution in [0.25, 0.3) is 0 Å². The predicted molar refractivity (Wildman–Crippen MR) is 105 cm³/mol. The Kier molecular flexibility index (Phi) is 5.05. The fraction of sp³-hybridized carbons (Fsp3) is 0.364. The first-order chi connectivity index (χ1) is 13.5. The Hall–Kier alpha value is -2.86. The molecule has 1 amide bonds. The lowest BCUT2D eigenvalue weighted by molar-refractivity contribution is -0.149. The number of carboxylic acid groups (broad SMARTS) is 1. The molecule has 1 saturated heterocycles. The van der Waals surface area contributed by atoms with E-state index in [0.29, 0.717) is 30.9 Å². The average Bonchev–Trinajstić information content (AvgIpc) is 3.22. The largest absolute Gasteiger partial charge is 0.481 e. The summed E-state index contributed by atoms with van der Waals surface area (Å²) in [7, 11) is 0. The van der Waals surface area contributed by atoms with Gasteiger partial charge in [-0.15, -0.1) is 0 Å². The van der Waals surface area contributed by atoms with Crippen LogP contribution in [0.1, 0.15) is 19.3 Å². The fourth-order valence-electron chi connectivity index (χ4n) is 4.50. The van der Waals surface area contributed by atoms with Crippen LogP contribution < -0.4 is 10.1 Å². The molecule has 0 aromatic heterocycles. The zero-order chi connectivity index (χ0) is 19.6. The molecule has 6 heteroatoms. The van der Waals surface area contributed by atoms with E-state index in [1.807, 2.05) is 47.4 Å². The zero-order valence-electron chi connectivity index (χ0n) is 15.6. The number of nitrogens with one attached hydrogen (secondary N) is 1. The van der Waals surface area contributed by atoms with E-state index >= 15 is 0 Å². The summed E-state index contributed by atoms with van der Waals surface area (Å²) in [4.78, 5) is 26.1. The van der Waals surface area contributed by atoms with Crippen LogP contribution in [0.5, 0.6) is 11.5 Å². The number of carboxylic acids is 1. The van der Waals surface area contributed by atoms with Crippen molar-refractivity contribution in [3.05, 3.63) is 54.6 Å². The number of para-hydroxylation sites is 1. The van der Waals surface area contributed by atoms with Crippen LogP contribution in [0, 0.1) is 11.3 Å². The number of amides is 1. The van der Waals surface area contributed by atoms with Gasteiger partial charge in [0, 0.05) is 18.8 Å². The number of carbonyl (C=O) groups is 2. The maximum atomic E-state index is 12.4. The van der Waals surface area contributed by atoms with Crippen LogP contribution >= 0.6 is 0 Å². The second-order valence-corrected chi connectivity index (χ2v) is 7.71. The summed E-state index contributed by atoms with van der Waals surface area (Å²) in [6.45, 7) is 1.36. The van der Waals surface area contributed by atoms with Gasteiger partial charge in [0.1, 0.15) is 11.5 Å².